The van der Waals surface area contributed by atoms with Gasteiger partial charge in [0.25, 0.3) is 0 Å². The topological polar surface area (TPSA) is 88.0 Å². The maximum Gasteiger partial charge on any atom is 0.413 e. The first kappa shape index (κ1) is 17.0. The summed E-state index contributed by atoms with van der Waals surface area (Å²) in [5, 5.41) is 14.5. The molecule has 0 aromatic carbocycles. The van der Waals surface area contributed by atoms with E-state index in [4.69, 9.17) is 11.6 Å². The van der Waals surface area contributed by atoms with E-state index >= 15 is 0 Å². The van der Waals surface area contributed by atoms with Crippen LogP contribution in [0, 0.1) is 6.92 Å². The van der Waals surface area contributed by atoms with Crippen molar-refractivity contribution in [1.82, 2.24) is 24.0 Å². The van der Waals surface area contributed by atoms with Crippen molar-refractivity contribution in [1.29, 1.82) is 0 Å². The third-order valence-electron chi connectivity index (χ3n) is 5.04. The minimum Gasteiger partial charge on any atom is -0.465 e. The minimum absolute atomic E-state index is 0.0739. The highest BCUT2D eigenvalue weighted by Gasteiger charge is 2.29. The van der Waals surface area contributed by atoms with Gasteiger partial charge in [0.2, 0.25) is 0 Å². The number of amides is 1. The molecule has 1 N–H and O–H groups in total. The highest BCUT2D eigenvalue weighted by atomic mass is 35.5. The zero-order valence-electron chi connectivity index (χ0n) is 15.1. The lowest BCUT2D eigenvalue weighted by molar-refractivity contribution is 0.201. The Balaban J connectivity index is 1.60. The van der Waals surface area contributed by atoms with E-state index in [0.29, 0.717) is 23.1 Å². The van der Waals surface area contributed by atoms with Crippen LogP contribution >= 0.6 is 11.6 Å². The maximum atomic E-state index is 12.1. The van der Waals surface area contributed by atoms with Crippen molar-refractivity contribution in [3.63, 3.8) is 0 Å². The summed E-state index contributed by atoms with van der Waals surface area (Å²) in [7, 11) is 0. The molecule has 0 aliphatic heterocycles. The van der Waals surface area contributed by atoms with Gasteiger partial charge in [-0.1, -0.05) is 17.7 Å². The van der Waals surface area contributed by atoms with Gasteiger partial charge in [-0.3, -0.25) is 4.90 Å². The molecule has 1 aliphatic rings. The van der Waals surface area contributed by atoms with Crippen molar-refractivity contribution in [2.24, 2.45) is 0 Å². The lowest BCUT2D eigenvalue weighted by Crippen LogP contribution is -2.31. The molecule has 0 saturated heterocycles. The van der Waals surface area contributed by atoms with E-state index in [9.17, 15) is 9.90 Å². The summed E-state index contributed by atoms with van der Waals surface area (Å²) in [5.74, 6) is 0.777. The Kier molecular flexibility index (Phi) is 3.77. The Morgan fingerprint density at radius 3 is 2.89 bits per heavy atom. The second-order valence-electron chi connectivity index (χ2n) is 7.04. The molecule has 4 aromatic heterocycles. The van der Waals surface area contributed by atoms with Gasteiger partial charge in [0, 0.05) is 23.5 Å². The molecule has 9 heteroatoms. The maximum absolute atomic E-state index is 12.1. The molecule has 4 aromatic rings. The molecule has 1 amide bonds. The number of carbonyl (C=O) groups is 1. The van der Waals surface area contributed by atoms with Crippen molar-refractivity contribution in [3.05, 3.63) is 58.8 Å². The van der Waals surface area contributed by atoms with Crippen LogP contribution in [0.3, 0.4) is 0 Å². The Labute approximate surface area is 165 Å². The zero-order valence-corrected chi connectivity index (χ0v) is 15.8. The number of fused-ring (bicyclic) bond motifs is 2. The van der Waals surface area contributed by atoms with Crippen LogP contribution in [0.5, 0.6) is 0 Å². The van der Waals surface area contributed by atoms with Crippen LogP contribution in [0.25, 0.3) is 11.3 Å². The average Bonchev–Trinajstić information content (AvgIpc) is 3.26. The number of hydrogen-bond donors (Lipinski definition) is 1. The van der Waals surface area contributed by atoms with Gasteiger partial charge in [-0.2, -0.15) is 9.61 Å². The molecule has 1 fully saturated rings. The number of anilines is 1. The molecule has 0 bridgehead atoms. The fourth-order valence-electron chi connectivity index (χ4n) is 3.49. The van der Waals surface area contributed by atoms with E-state index < -0.39 is 6.09 Å². The predicted octanol–water partition coefficient (Wildman–Crippen LogP) is 3.90. The fraction of sp³-hybridized carbons (Fsp3) is 0.263. The summed E-state index contributed by atoms with van der Waals surface area (Å²) >= 11 is 6.22. The third-order valence-corrected chi connectivity index (χ3v) is 5.23. The highest BCUT2D eigenvalue weighted by molar-refractivity contribution is 6.29. The lowest BCUT2D eigenvalue weighted by Gasteiger charge is -2.19. The van der Waals surface area contributed by atoms with E-state index in [-0.39, 0.29) is 11.7 Å². The van der Waals surface area contributed by atoms with E-state index in [0.717, 1.165) is 29.7 Å². The smallest absolute Gasteiger partial charge is 0.413 e. The van der Waals surface area contributed by atoms with Crippen molar-refractivity contribution in [2.45, 2.75) is 32.2 Å². The number of rotatable bonds is 4. The average molecular weight is 397 g/mol. The first-order chi connectivity index (χ1) is 13.5. The fourth-order valence-corrected chi connectivity index (χ4v) is 3.67. The second-order valence-corrected chi connectivity index (χ2v) is 7.43. The summed E-state index contributed by atoms with van der Waals surface area (Å²) in [5.41, 5.74) is 4.05. The van der Waals surface area contributed by atoms with Crippen molar-refractivity contribution < 1.29 is 9.90 Å². The van der Waals surface area contributed by atoms with Crippen molar-refractivity contribution in [3.8, 4) is 0 Å². The zero-order chi connectivity index (χ0) is 19.4. The number of aryl methyl sites for hydroxylation is 1. The molecular formula is C19H17ClN6O2. The molecule has 4 heterocycles. The number of pyridine rings is 1. The molecule has 0 spiro atoms. The van der Waals surface area contributed by atoms with E-state index in [2.05, 4.69) is 15.1 Å². The van der Waals surface area contributed by atoms with Gasteiger partial charge < -0.3 is 9.51 Å². The predicted molar refractivity (Wildman–Crippen MR) is 104 cm³/mol. The monoisotopic (exact) mass is 396 g/mol. The normalized spacial score (nSPS) is 14.1. The number of nitrogens with zero attached hydrogens (tertiary/aromatic N) is 6. The van der Waals surface area contributed by atoms with Gasteiger partial charge in [0.15, 0.2) is 5.65 Å². The molecule has 5 rings (SSSR count). The first-order valence-corrected chi connectivity index (χ1v) is 9.37. The third kappa shape index (κ3) is 2.77. The number of halogens is 1. The van der Waals surface area contributed by atoms with Gasteiger partial charge in [-0.15, -0.1) is 0 Å². The summed E-state index contributed by atoms with van der Waals surface area (Å²) in [6, 6.07) is 7.31. The molecular weight excluding hydrogens is 380 g/mol. The molecule has 1 saturated carbocycles. The van der Waals surface area contributed by atoms with Crippen LogP contribution in [0.15, 0.2) is 36.7 Å². The second kappa shape index (κ2) is 6.20. The Bertz CT molecular complexity index is 1230. The van der Waals surface area contributed by atoms with Gasteiger partial charge in [0.05, 0.1) is 18.4 Å². The van der Waals surface area contributed by atoms with E-state index in [1.165, 1.54) is 11.0 Å². The Morgan fingerprint density at radius 1 is 1.36 bits per heavy atom. The van der Waals surface area contributed by atoms with E-state index in [1.807, 2.05) is 35.7 Å². The summed E-state index contributed by atoms with van der Waals surface area (Å²) < 4.78 is 3.48. The number of carboxylic acid groups (broad SMARTS) is 1. The SMILES string of the molecule is Cc1cccc2nc(CN(C(=O)O)c3cc(Cl)nc4c(C5CC5)cnn34)cn12. The summed E-state index contributed by atoms with van der Waals surface area (Å²) in [6.45, 7) is 2.05. The van der Waals surface area contributed by atoms with Crippen LogP contribution in [-0.4, -0.2) is 35.2 Å². The van der Waals surface area contributed by atoms with Crippen LogP contribution in [0.2, 0.25) is 5.15 Å². The molecule has 1 aliphatic carbocycles. The van der Waals surface area contributed by atoms with Crippen molar-refractivity contribution in [2.75, 3.05) is 4.90 Å². The van der Waals surface area contributed by atoms with Gasteiger partial charge in [0.1, 0.15) is 16.6 Å². The van der Waals surface area contributed by atoms with Gasteiger partial charge in [-0.25, -0.2) is 14.8 Å². The highest BCUT2D eigenvalue weighted by Crippen LogP contribution is 2.42. The van der Waals surface area contributed by atoms with Gasteiger partial charge >= 0.3 is 6.09 Å². The lowest BCUT2D eigenvalue weighted by atomic mass is 10.2. The van der Waals surface area contributed by atoms with Gasteiger partial charge in [-0.05, 0) is 37.8 Å². The quantitative estimate of drug-likeness (QED) is 0.528. The van der Waals surface area contributed by atoms with Crippen LogP contribution < -0.4 is 4.90 Å². The number of aromatic nitrogens is 5. The van der Waals surface area contributed by atoms with Crippen molar-refractivity contribution >= 4 is 34.8 Å². The van der Waals surface area contributed by atoms with Crippen LogP contribution in [0.1, 0.15) is 35.7 Å². The van der Waals surface area contributed by atoms with E-state index in [1.54, 1.807) is 10.7 Å². The number of hydrogen-bond acceptors (Lipinski definition) is 4. The largest absolute Gasteiger partial charge is 0.465 e. The molecule has 0 unspecified atom stereocenters. The Morgan fingerprint density at radius 2 is 2.18 bits per heavy atom. The number of imidazole rings is 1. The standard InChI is InChI=1S/C19H17ClN6O2/c1-11-3-2-4-16-22-13(9-24(11)16)10-25(19(27)28)17-7-15(20)23-18-14(12-5-6-12)8-21-26(17)18/h2-4,7-9,12H,5-6,10H2,1H3,(H,27,28). The first-order valence-electron chi connectivity index (χ1n) is 8.99. The summed E-state index contributed by atoms with van der Waals surface area (Å²) in [6.07, 6.45) is 4.68. The summed E-state index contributed by atoms with van der Waals surface area (Å²) in [4.78, 5) is 22.2. The minimum atomic E-state index is -1.11. The van der Waals surface area contributed by atoms with Crippen LogP contribution in [0.4, 0.5) is 10.6 Å². The molecule has 0 atom stereocenters. The molecule has 8 nitrogen and oxygen atoms in total. The molecule has 0 radical (unpaired) electrons. The molecule has 142 valence electrons. The molecule has 28 heavy (non-hydrogen) atoms. The Hall–Kier alpha value is -3.13. The van der Waals surface area contributed by atoms with Crippen LogP contribution in [-0.2, 0) is 6.54 Å².